The van der Waals surface area contributed by atoms with Gasteiger partial charge >= 0.3 is 0 Å². The van der Waals surface area contributed by atoms with E-state index in [2.05, 4.69) is 16.5 Å². The van der Waals surface area contributed by atoms with Gasteiger partial charge in [-0.15, -0.1) is 0 Å². The molecule has 18 heavy (non-hydrogen) atoms. The fourth-order valence-corrected chi connectivity index (χ4v) is 2.86. The van der Waals surface area contributed by atoms with E-state index in [0.29, 0.717) is 11.6 Å². The molecule has 1 aliphatic rings. The zero-order chi connectivity index (χ0) is 12.7. The number of alkyl halides is 2. The van der Waals surface area contributed by atoms with Crippen LogP contribution in [0.4, 0.5) is 8.78 Å². The molecule has 1 heterocycles. The van der Waals surface area contributed by atoms with Gasteiger partial charge in [-0.2, -0.15) is 0 Å². The van der Waals surface area contributed by atoms with Crippen molar-refractivity contribution in [3.05, 3.63) is 30.1 Å². The van der Waals surface area contributed by atoms with Gasteiger partial charge in [0, 0.05) is 12.5 Å². The molecular weight excluding hydrogens is 234 g/mol. The number of hydrogen-bond acceptors (Lipinski definition) is 1. The molecule has 3 rings (SSSR count). The number of aromatic nitrogens is 2. The summed E-state index contributed by atoms with van der Waals surface area (Å²) in [7, 11) is 0. The quantitative estimate of drug-likeness (QED) is 0.809. The van der Waals surface area contributed by atoms with Crippen LogP contribution in [0.15, 0.2) is 24.5 Å². The molecule has 0 radical (unpaired) electrons. The number of fused-ring (bicyclic) bond motifs is 1. The Morgan fingerprint density at radius 3 is 2.83 bits per heavy atom. The predicted octanol–water partition coefficient (Wildman–Crippen LogP) is 3.81. The normalized spacial score (nSPS) is 23.6. The van der Waals surface area contributed by atoms with Crippen LogP contribution in [0.25, 0.3) is 11.0 Å². The highest BCUT2D eigenvalue weighted by atomic mass is 19.3. The Morgan fingerprint density at radius 1 is 1.39 bits per heavy atom. The van der Waals surface area contributed by atoms with E-state index in [1.54, 1.807) is 18.5 Å². The molecule has 1 fully saturated rings. The van der Waals surface area contributed by atoms with E-state index in [0.717, 1.165) is 29.8 Å². The van der Waals surface area contributed by atoms with E-state index in [-0.39, 0.29) is 6.42 Å². The molecule has 0 spiro atoms. The van der Waals surface area contributed by atoms with Crippen LogP contribution in [0.2, 0.25) is 0 Å². The molecule has 0 bridgehead atoms. The molecule has 96 valence electrons. The maximum Gasteiger partial charge on any atom is 0.242 e. The first-order chi connectivity index (χ1) is 8.65. The van der Waals surface area contributed by atoms with Gasteiger partial charge in [0.1, 0.15) is 0 Å². The van der Waals surface area contributed by atoms with E-state index in [1.165, 1.54) is 0 Å². The molecule has 2 aromatic rings. The van der Waals surface area contributed by atoms with Gasteiger partial charge in [-0.1, -0.05) is 19.1 Å². The average Bonchev–Trinajstić information content (AvgIpc) is 2.69. The van der Waals surface area contributed by atoms with Crippen molar-refractivity contribution in [1.82, 2.24) is 9.55 Å². The highest BCUT2D eigenvalue weighted by Crippen LogP contribution is 2.39. The molecule has 1 aliphatic carbocycles. The van der Waals surface area contributed by atoms with E-state index in [9.17, 15) is 8.78 Å². The molecule has 0 unspecified atom stereocenters. The Morgan fingerprint density at radius 2 is 2.17 bits per heavy atom. The van der Waals surface area contributed by atoms with E-state index in [4.69, 9.17) is 0 Å². The molecule has 0 aliphatic heterocycles. The summed E-state index contributed by atoms with van der Waals surface area (Å²) in [6.07, 6.45) is 1.55. The van der Waals surface area contributed by atoms with Crippen molar-refractivity contribution < 1.29 is 8.78 Å². The van der Waals surface area contributed by atoms with E-state index < -0.39 is 6.43 Å². The average molecular weight is 250 g/mol. The SMILES string of the molecule is CC1CC(n2cnc3cccc(CC(F)F)c32)C1. The maximum atomic E-state index is 12.6. The Balaban J connectivity index is 2.04. The van der Waals surface area contributed by atoms with E-state index >= 15 is 0 Å². The fourth-order valence-electron chi connectivity index (χ4n) is 2.86. The van der Waals surface area contributed by atoms with Gasteiger partial charge in [0.2, 0.25) is 6.43 Å². The molecule has 4 heteroatoms. The molecule has 0 atom stereocenters. The zero-order valence-electron chi connectivity index (χ0n) is 10.3. The second-order valence-electron chi connectivity index (χ2n) is 5.26. The molecule has 1 saturated carbocycles. The lowest BCUT2D eigenvalue weighted by Gasteiger charge is -2.34. The molecule has 1 aromatic carbocycles. The van der Waals surface area contributed by atoms with Crippen LogP contribution in [0.3, 0.4) is 0 Å². The number of nitrogens with zero attached hydrogens (tertiary/aromatic N) is 2. The monoisotopic (exact) mass is 250 g/mol. The molecule has 0 saturated heterocycles. The van der Waals surface area contributed by atoms with Crippen molar-refractivity contribution in [2.24, 2.45) is 5.92 Å². The molecular formula is C14H16F2N2. The number of para-hydroxylation sites is 1. The minimum Gasteiger partial charge on any atom is -0.327 e. The van der Waals surface area contributed by atoms with Gasteiger partial charge in [-0.25, -0.2) is 13.8 Å². The van der Waals surface area contributed by atoms with Crippen LogP contribution < -0.4 is 0 Å². The minimum absolute atomic E-state index is 0.189. The summed E-state index contributed by atoms with van der Waals surface area (Å²) in [6, 6.07) is 5.92. The number of imidazole rings is 1. The highest BCUT2D eigenvalue weighted by Gasteiger charge is 2.28. The fraction of sp³-hybridized carbons (Fsp3) is 0.500. The minimum atomic E-state index is -2.31. The van der Waals surface area contributed by atoms with Crippen molar-refractivity contribution >= 4 is 11.0 Å². The lowest BCUT2D eigenvalue weighted by atomic mass is 9.81. The third-order valence-corrected chi connectivity index (χ3v) is 3.79. The number of halogens is 2. The lowest BCUT2D eigenvalue weighted by molar-refractivity contribution is 0.149. The maximum absolute atomic E-state index is 12.6. The first-order valence-electron chi connectivity index (χ1n) is 6.37. The van der Waals surface area contributed by atoms with Crippen LogP contribution in [-0.4, -0.2) is 16.0 Å². The summed E-state index contributed by atoms with van der Waals surface area (Å²) >= 11 is 0. The number of rotatable bonds is 3. The van der Waals surface area contributed by atoms with Gasteiger partial charge in [-0.05, 0) is 30.4 Å². The standard InChI is InChI=1S/C14H16F2N2/c1-9-5-11(6-9)18-8-17-12-4-2-3-10(14(12)18)7-13(15)16/h2-4,8-9,11,13H,5-7H2,1H3. The summed E-state index contributed by atoms with van der Waals surface area (Å²) in [5, 5.41) is 0. The third kappa shape index (κ3) is 1.89. The predicted molar refractivity (Wildman–Crippen MR) is 66.9 cm³/mol. The summed E-state index contributed by atoms with van der Waals surface area (Å²) in [5.74, 6) is 0.731. The number of benzene rings is 1. The first kappa shape index (κ1) is 11.6. The largest absolute Gasteiger partial charge is 0.327 e. The van der Waals surface area contributed by atoms with Gasteiger partial charge in [-0.3, -0.25) is 0 Å². The van der Waals surface area contributed by atoms with Gasteiger partial charge in [0.15, 0.2) is 0 Å². The second-order valence-corrected chi connectivity index (χ2v) is 5.26. The van der Waals surface area contributed by atoms with Crippen LogP contribution in [0, 0.1) is 5.92 Å². The summed E-state index contributed by atoms with van der Waals surface area (Å²) in [5.41, 5.74) is 2.43. The van der Waals surface area contributed by atoms with Crippen LogP contribution >= 0.6 is 0 Å². The van der Waals surface area contributed by atoms with Crippen molar-refractivity contribution in [2.75, 3.05) is 0 Å². The summed E-state index contributed by atoms with van der Waals surface area (Å²) < 4.78 is 27.3. The Kier molecular flexibility index (Phi) is 2.80. The summed E-state index contributed by atoms with van der Waals surface area (Å²) in [6.45, 7) is 2.22. The summed E-state index contributed by atoms with van der Waals surface area (Å²) in [4.78, 5) is 4.33. The molecule has 0 N–H and O–H groups in total. The van der Waals surface area contributed by atoms with Gasteiger partial charge < -0.3 is 4.57 Å². The Labute approximate surface area is 105 Å². The van der Waals surface area contributed by atoms with Crippen LogP contribution in [-0.2, 0) is 6.42 Å². The molecule has 0 amide bonds. The second kappa shape index (κ2) is 4.34. The number of hydrogen-bond donors (Lipinski definition) is 0. The Hall–Kier alpha value is -1.45. The molecule has 1 aromatic heterocycles. The zero-order valence-corrected chi connectivity index (χ0v) is 10.3. The smallest absolute Gasteiger partial charge is 0.242 e. The van der Waals surface area contributed by atoms with Crippen molar-refractivity contribution in [2.45, 2.75) is 38.7 Å². The van der Waals surface area contributed by atoms with Gasteiger partial charge in [0.05, 0.1) is 17.4 Å². The van der Waals surface area contributed by atoms with Crippen molar-refractivity contribution in [3.63, 3.8) is 0 Å². The van der Waals surface area contributed by atoms with Crippen molar-refractivity contribution in [3.8, 4) is 0 Å². The third-order valence-electron chi connectivity index (χ3n) is 3.79. The van der Waals surface area contributed by atoms with Crippen LogP contribution in [0.5, 0.6) is 0 Å². The first-order valence-corrected chi connectivity index (χ1v) is 6.37. The molecule has 2 nitrogen and oxygen atoms in total. The van der Waals surface area contributed by atoms with E-state index in [1.807, 2.05) is 6.07 Å². The van der Waals surface area contributed by atoms with Crippen molar-refractivity contribution in [1.29, 1.82) is 0 Å². The van der Waals surface area contributed by atoms with Crippen LogP contribution in [0.1, 0.15) is 31.4 Å². The Bertz CT molecular complexity index is 556. The highest BCUT2D eigenvalue weighted by molar-refractivity contribution is 5.79. The lowest BCUT2D eigenvalue weighted by Crippen LogP contribution is -2.24. The topological polar surface area (TPSA) is 17.8 Å². The van der Waals surface area contributed by atoms with Gasteiger partial charge in [0.25, 0.3) is 0 Å².